The lowest BCUT2D eigenvalue weighted by Crippen LogP contribution is -2.28. The van der Waals surface area contributed by atoms with Gasteiger partial charge in [-0.2, -0.15) is 10.1 Å². The van der Waals surface area contributed by atoms with Crippen molar-refractivity contribution in [2.45, 2.75) is 18.9 Å². The average Bonchev–Trinajstić information content (AvgIpc) is 3.07. The molecule has 3 aromatic rings. The largest absolute Gasteiger partial charge is 0.274 e. The van der Waals surface area contributed by atoms with Gasteiger partial charge in [0.2, 0.25) is 11.8 Å². The van der Waals surface area contributed by atoms with Crippen molar-refractivity contribution in [2.75, 3.05) is 5.01 Å². The van der Waals surface area contributed by atoms with Crippen LogP contribution in [0.4, 0.5) is 10.2 Å². The molecule has 4 rings (SSSR count). The Labute approximate surface area is 175 Å². The van der Waals surface area contributed by atoms with Gasteiger partial charge in [-0.1, -0.05) is 11.6 Å². The Balaban J connectivity index is 1.89. The Hall–Kier alpha value is -2.97. The summed E-state index contributed by atoms with van der Waals surface area (Å²) in [6.45, 7) is 2.78. The molecule has 1 amide bonds. The Morgan fingerprint density at radius 1 is 0.966 bits per heavy atom. The fraction of sp³-hybridized carbons (Fsp3) is 0.100. The smallest absolute Gasteiger partial charge is 0.245 e. The minimum atomic E-state index is -0.377. The molecule has 1 aromatic heterocycles. The molecule has 0 unspecified atom stereocenters. The van der Waals surface area contributed by atoms with Crippen LogP contribution < -0.4 is 5.01 Å². The van der Waals surface area contributed by atoms with E-state index in [0.717, 1.165) is 5.01 Å². The van der Waals surface area contributed by atoms with Crippen LogP contribution >= 0.6 is 23.4 Å². The van der Waals surface area contributed by atoms with Crippen LogP contribution in [-0.4, -0.2) is 26.4 Å². The van der Waals surface area contributed by atoms with Gasteiger partial charge in [0.1, 0.15) is 21.7 Å². The van der Waals surface area contributed by atoms with E-state index in [4.69, 9.17) is 11.6 Å². The molecule has 2 heterocycles. The molecular formula is C20H14ClFN4O2S. The summed E-state index contributed by atoms with van der Waals surface area (Å²) in [4.78, 5) is 29.3. The lowest BCUT2D eigenvalue weighted by molar-refractivity contribution is -0.116. The first-order chi connectivity index (χ1) is 13.8. The van der Waals surface area contributed by atoms with E-state index in [0.29, 0.717) is 32.0 Å². The Bertz CT molecular complexity index is 1160. The zero-order valence-electron chi connectivity index (χ0n) is 15.4. The van der Waals surface area contributed by atoms with Gasteiger partial charge in [0, 0.05) is 30.0 Å². The summed E-state index contributed by atoms with van der Waals surface area (Å²) in [6.07, 6.45) is 0. The van der Waals surface area contributed by atoms with Gasteiger partial charge < -0.3 is 0 Å². The van der Waals surface area contributed by atoms with Gasteiger partial charge in [-0.25, -0.2) is 9.37 Å². The van der Waals surface area contributed by atoms with Crippen molar-refractivity contribution < 1.29 is 14.0 Å². The maximum atomic E-state index is 13.3. The molecular weight excluding hydrogens is 415 g/mol. The number of imidazole rings is 1. The monoisotopic (exact) mass is 428 g/mol. The molecule has 0 atom stereocenters. The molecule has 0 bridgehead atoms. The number of thioether (sulfide) groups is 1. The summed E-state index contributed by atoms with van der Waals surface area (Å²) in [5.74, 6) is -0.345. The predicted octanol–water partition coefficient (Wildman–Crippen LogP) is 4.82. The van der Waals surface area contributed by atoms with E-state index in [1.165, 1.54) is 42.3 Å². The van der Waals surface area contributed by atoms with Crippen LogP contribution in [0.15, 0.2) is 58.7 Å². The SMILES string of the molecule is CC(=O)N1N=C(c2ccc(F)cc2)Sc2c1nc(-c1ccc(Cl)cc1)n2C(C)=O. The highest BCUT2D eigenvalue weighted by Gasteiger charge is 2.32. The zero-order chi connectivity index (χ0) is 20.7. The molecule has 0 saturated heterocycles. The van der Waals surface area contributed by atoms with Crippen LogP contribution in [0.3, 0.4) is 0 Å². The number of hydrogen-bond acceptors (Lipinski definition) is 5. The molecule has 0 radical (unpaired) electrons. The standard InChI is InChI=1S/C20H14ClFN4O2S/c1-11(27)25-17(13-3-7-15(21)8-4-13)23-18-20(25)29-19(24-26(18)12(2)28)14-5-9-16(22)10-6-14/h3-10H,1-2H3. The maximum absolute atomic E-state index is 13.3. The van der Waals surface area contributed by atoms with Crippen molar-refractivity contribution in [1.29, 1.82) is 0 Å². The molecule has 0 spiro atoms. The third-order valence-corrected chi connectivity index (χ3v) is 5.53. The minimum Gasteiger partial charge on any atom is -0.274 e. The van der Waals surface area contributed by atoms with Crippen molar-refractivity contribution in [1.82, 2.24) is 9.55 Å². The number of nitrogens with zero attached hydrogens (tertiary/aromatic N) is 4. The van der Waals surface area contributed by atoms with Gasteiger partial charge in [-0.05, 0) is 60.3 Å². The van der Waals surface area contributed by atoms with E-state index in [1.807, 2.05) is 0 Å². The number of fused-ring (bicyclic) bond motifs is 1. The van der Waals surface area contributed by atoms with Crippen LogP contribution in [0.1, 0.15) is 24.2 Å². The maximum Gasteiger partial charge on any atom is 0.245 e. The van der Waals surface area contributed by atoms with Gasteiger partial charge in [0.15, 0.2) is 5.82 Å². The number of hydrogen-bond donors (Lipinski definition) is 0. The second-order valence-corrected chi connectivity index (χ2v) is 7.68. The summed E-state index contributed by atoms with van der Waals surface area (Å²) >= 11 is 7.17. The number of halogens is 2. The van der Waals surface area contributed by atoms with Gasteiger partial charge >= 0.3 is 0 Å². The van der Waals surface area contributed by atoms with Crippen molar-refractivity contribution in [3.8, 4) is 11.4 Å². The normalized spacial score (nSPS) is 13.1. The van der Waals surface area contributed by atoms with Gasteiger partial charge in [-0.3, -0.25) is 14.2 Å². The quantitative estimate of drug-likeness (QED) is 0.586. The number of rotatable bonds is 2. The third-order valence-electron chi connectivity index (χ3n) is 4.21. The highest BCUT2D eigenvalue weighted by atomic mass is 35.5. The van der Waals surface area contributed by atoms with Gasteiger partial charge in [0.25, 0.3) is 0 Å². The fourth-order valence-electron chi connectivity index (χ4n) is 2.89. The van der Waals surface area contributed by atoms with Gasteiger partial charge in [0.05, 0.1) is 0 Å². The summed E-state index contributed by atoms with van der Waals surface area (Å²) in [7, 11) is 0. The van der Waals surface area contributed by atoms with Crippen molar-refractivity contribution in [3.05, 3.63) is 64.9 Å². The number of hydrazone groups is 1. The second kappa shape index (κ2) is 7.46. The van der Waals surface area contributed by atoms with Crippen LogP contribution in [0.25, 0.3) is 11.4 Å². The van der Waals surface area contributed by atoms with E-state index in [9.17, 15) is 14.0 Å². The van der Waals surface area contributed by atoms with E-state index >= 15 is 0 Å². The predicted molar refractivity (Wildman–Crippen MR) is 111 cm³/mol. The first kappa shape index (κ1) is 19.4. The highest BCUT2D eigenvalue weighted by Crippen LogP contribution is 2.40. The van der Waals surface area contributed by atoms with Crippen molar-refractivity contribution >= 4 is 46.0 Å². The molecule has 0 fully saturated rings. The highest BCUT2D eigenvalue weighted by molar-refractivity contribution is 8.14. The molecule has 1 aliphatic heterocycles. The molecule has 0 saturated carbocycles. The zero-order valence-corrected chi connectivity index (χ0v) is 17.0. The number of benzene rings is 2. The Morgan fingerprint density at radius 2 is 1.59 bits per heavy atom. The summed E-state index contributed by atoms with van der Waals surface area (Å²) in [5.41, 5.74) is 1.30. The average molecular weight is 429 g/mol. The molecule has 9 heteroatoms. The summed E-state index contributed by atoms with van der Waals surface area (Å²) in [5, 5.41) is 7.01. The second-order valence-electron chi connectivity index (χ2n) is 6.27. The van der Waals surface area contributed by atoms with Crippen LogP contribution in [0.2, 0.25) is 5.02 Å². The van der Waals surface area contributed by atoms with Gasteiger partial charge in [-0.15, -0.1) is 0 Å². The van der Waals surface area contributed by atoms with Crippen LogP contribution in [0, 0.1) is 5.82 Å². The number of amides is 1. The minimum absolute atomic E-state index is 0.264. The molecule has 29 heavy (non-hydrogen) atoms. The van der Waals surface area contributed by atoms with E-state index in [-0.39, 0.29) is 23.4 Å². The Kier molecular flexibility index (Phi) is 4.97. The number of carbonyl (C=O) groups is 2. The van der Waals surface area contributed by atoms with E-state index < -0.39 is 0 Å². The van der Waals surface area contributed by atoms with Crippen molar-refractivity contribution in [2.24, 2.45) is 5.10 Å². The van der Waals surface area contributed by atoms with Crippen LogP contribution in [-0.2, 0) is 4.79 Å². The molecule has 1 aliphatic rings. The molecule has 0 aliphatic carbocycles. The van der Waals surface area contributed by atoms with Crippen LogP contribution in [0.5, 0.6) is 0 Å². The number of anilines is 1. The summed E-state index contributed by atoms with van der Waals surface area (Å²) < 4.78 is 14.7. The summed E-state index contributed by atoms with van der Waals surface area (Å²) in [6, 6.07) is 12.7. The number of carbonyl (C=O) groups excluding carboxylic acids is 2. The molecule has 0 N–H and O–H groups in total. The lowest BCUT2D eigenvalue weighted by Gasteiger charge is -2.21. The fourth-order valence-corrected chi connectivity index (χ4v) is 4.10. The first-order valence-corrected chi connectivity index (χ1v) is 9.77. The van der Waals surface area contributed by atoms with E-state index in [2.05, 4.69) is 10.1 Å². The first-order valence-electron chi connectivity index (χ1n) is 8.58. The Morgan fingerprint density at radius 3 is 2.17 bits per heavy atom. The number of aromatic nitrogens is 2. The van der Waals surface area contributed by atoms with E-state index in [1.54, 1.807) is 36.4 Å². The third kappa shape index (κ3) is 3.56. The molecule has 6 nitrogen and oxygen atoms in total. The van der Waals surface area contributed by atoms with Crippen molar-refractivity contribution in [3.63, 3.8) is 0 Å². The molecule has 2 aromatic carbocycles. The topological polar surface area (TPSA) is 67.6 Å². The molecule has 146 valence electrons. The lowest BCUT2D eigenvalue weighted by atomic mass is 10.2.